The first kappa shape index (κ1) is 23.9. The molecule has 2 aromatic heterocycles. The smallest absolute Gasteiger partial charge is 0.226 e. The second-order valence-corrected chi connectivity index (χ2v) is 8.94. The largest absolute Gasteiger partial charge is 0.383 e. The first-order valence-corrected chi connectivity index (χ1v) is 11.9. The second kappa shape index (κ2) is 10.8. The van der Waals surface area contributed by atoms with Crippen LogP contribution < -0.4 is 10.6 Å². The molecule has 0 unspecified atom stereocenters. The maximum absolute atomic E-state index is 12.9. The fourth-order valence-electron chi connectivity index (χ4n) is 4.36. The van der Waals surface area contributed by atoms with E-state index in [0.717, 1.165) is 34.7 Å². The molecule has 1 amide bonds. The number of aromatic nitrogens is 2. The first-order chi connectivity index (χ1) is 16.5. The monoisotopic (exact) mass is 477 g/mol. The van der Waals surface area contributed by atoms with Crippen molar-refractivity contribution in [1.29, 1.82) is 0 Å². The van der Waals surface area contributed by atoms with Gasteiger partial charge in [0.1, 0.15) is 0 Å². The van der Waals surface area contributed by atoms with Crippen LogP contribution in [-0.4, -0.2) is 45.7 Å². The molecule has 0 radical (unpaired) electrons. The van der Waals surface area contributed by atoms with E-state index in [9.17, 15) is 4.79 Å². The third-order valence-electron chi connectivity index (χ3n) is 6.15. The minimum absolute atomic E-state index is 0.0358. The Balaban J connectivity index is 1.56. The molecular weight excluding hydrogens is 446 g/mol. The molecule has 7 nitrogen and oxygen atoms in total. The maximum Gasteiger partial charge on any atom is 0.226 e. The van der Waals surface area contributed by atoms with Crippen molar-refractivity contribution in [2.24, 2.45) is 0 Å². The SMILES string of the molecule is COCCn1cccc1[C@H]1[C@H](c2ccccn2)NC(=S)N1CCC(=O)Nc1cc(C)ccc1C. The lowest BCUT2D eigenvalue weighted by Crippen LogP contribution is -2.33. The van der Waals surface area contributed by atoms with Crippen molar-refractivity contribution < 1.29 is 9.53 Å². The van der Waals surface area contributed by atoms with E-state index in [1.807, 2.05) is 56.3 Å². The van der Waals surface area contributed by atoms with Crippen molar-refractivity contribution in [1.82, 2.24) is 19.8 Å². The molecule has 0 spiro atoms. The zero-order chi connectivity index (χ0) is 24.1. The highest BCUT2D eigenvalue weighted by Gasteiger charge is 2.41. The molecule has 0 bridgehead atoms. The average molecular weight is 478 g/mol. The van der Waals surface area contributed by atoms with E-state index in [1.165, 1.54) is 0 Å². The molecule has 1 saturated heterocycles. The summed E-state index contributed by atoms with van der Waals surface area (Å²) in [5.74, 6) is -0.0358. The molecule has 3 aromatic rings. The van der Waals surface area contributed by atoms with Gasteiger partial charge in [-0.1, -0.05) is 18.2 Å². The Bertz CT molecular complexity index is 1150. The summed E-state index contributed by atoms with van der Waals surface area (Å²) in [6, 6.07) is 15.9. The van der Waals surface area contributed by atoms with Gasteiger partial charge < -0.3 is 24.8 Å². The zero-order valence-electron chi connectivity index (χ0n) is 19.8. The number of aryl methyl sites for hydroxylation is 2. The Kier molecular flexibility index (Phi) is 7.59. The number of hydrogen-bond donors (Lipinski definition) is 2. The van der Waals surface area contributed by atoms with E-state index in [1.54, 1.807) is 13.3 Å². The quantitative estimate of drug-likeness (QED) is 0.451. The Morgan fingerprint density at radius 2 is 2.03 bits per heavy atom. The van der Waals surface area contributed by atoms with E-state index in [-0.39, 0.29) is 18.0 Å². The number of methoxy groups -OCH3 is 1. The van der Waals surface area contributed by atoms with Gasteiger partial charge in [-0.05, 0) is 67.5 Å². The van der Waals surface area contributed by atoms with E-state index in [4.69, 9.17) is 17.0 Å². The van der Waals surface area contributed by atoms with Gasteiger partial charge in [-0.2, -0.15) is 0 Å². The van der Waals surface area contributed by atoms with Crippen molar-refractivity contribution in [3.05, 3.63) is 83.4 Å². The van der Waals surface area contributed by atoms with E-state index in [2.05, 4.69) is 37.3 Å². The highest BCUT2D eigenvalue weighted by molar-refractivity contribution is 7.80. The van der Waals surface area contributed by atoms with Gasteiger partial charge in [-0.15, -0.1) is 0 Å². The van der Waals surface area contributed by atoms with Crippen LogP contribution in [0, 0.1) is 13.8 Å². The molecule has 0 aliphatic carbocycles. The van der Waals surface area contributed by atoms with Gasteiger partial charge in [0, 0.05) is 50.4 Å². The summed E-state index contributed by atoms with van der Waals surface area (Å²) >= 11 is 5.74. The van der Waals surface area contributed by atoms with Crippen molar-refractivity contribution in [2.45, 2.75) is 38.9 Å². The highest BCUT2D eigenvalue weighted by atomic mass is 32.1. The van der Waals surface area contributed by atoms with Crippen LogP contribution in [0.25, 0.3) is 0 Å². The minimum Gasteiger partial charge on any atom is -0.383 e. The van der Waals surface area contributed by atoms with Crippen molar-refractivity contribution in [2.75, 3.05) is 25.6 Å². The molecule has 8 heteroatoms. The summed E-state index contributed by atoms with van der Waals surface area (Å²) in [6.45, 7) is 5.85. The standard InChI is InChI=1S/C26H31N5O2S/c1-18-9-10-19(2)21(17-18)28-23(32)11-14-31-25(22-8-6-13-30(22)15-16-33-3)24(29-26(31)34)20-7-4-5-12-27-20/h4-10,12-13,17,24-25H,11,14-16H2,1-3H3,(H,28,32)(H,29,34)/t24-,25-/m0/s1. The topological polar surface area (TPSA) is 71.4 Å². The molecule has 2 atom stereocenters. The summed E-state index contributed by atoms with van der Waals surface area (Å²) < 4.78 is 7.49. The summed E-state index contributed by atoms with van der Waals surface area (Å²) in [7, 11) is 1.70. The zero-order valence-corrected chi connectivity index (χ0v) is 20.6. The average Bonchev–Trinajstić information content (AvgIpc) is 3.42. The predicted molar refractivity (Wildman–Crippen MR) is 138 cm³/mol. The number of hydrogen-bond acceptors (Lipinski definition) is 4. The number of nitrogens with zero attached hydrogens (tertiary/aromatic N) is 3. The number of pyridine rings is 1. The summed E-state index contributed by atoms with van der Waals surface area (Å²) in [6.07, 6.45) is 4.16. The number of amides is 1. The van der Waals surface area contributed by atoms with E-state index in [0.29, 0.717) is 24.7 Å². The highest BCUT2D eigenvalue weighted by Crippen LogP contribution is 2.38. The van der Waals surface area contributed by atoms with Gasteiger partial charge in [0.05, 0.1) is 24.4 Å². The normalized spacial score (nSPS) is 17.6. The second-order valence-electron chi connectivity index (χ2n) is 8.56. The Morgan fingerprint density at radius 1 is 1.18 bits per heavy atom. The lowest BCUT2D eigenvalue weighted by atomic mass is 10.0. The van der Waals surface area contributed by atoms with Crippen LogP contribution >= 0.6 is 12.2 Å². The molecule has 34 heavy (non-hydrogen) atoms. The van der Waals surface area contributed by atoms with Crippen LogP contribution in [0.2, 0.25) is 0 Å². The van der Waals surface area contributed by atoms with Crippen molar-refractivity contribution in [3.8, 4) is 0 Å². The molecule has 3 heterocycles. The van der Waals surface area contributed by atoms with Crippen molar-refractivity contribution >= 4 is 28.9 Å². The third kappa shape index (κ3) is 5.29. The Labute approximate surface area is 206 Å². The van der Waals surface area contributed by atoms with Crippen LogP contribution in [-0.2, 0) is 16.1 Å². The molecule has 2 N–H and O–H groups in total. The van der Waals surface area contributed by atoms with Gasteiger partial charge in [0.2, 0.25) is 5.91 Å². The van der Waals surface area contributed by atoms with Gasteiger partial charge in [-0.25, -0.2) is 0 Å². The van der Waals surface area contributed by atoms with Gasteiger partial charge in [-0.3, -0.25) is 9.78 Å². The molecule has 1 aromatic carbocycles. The minimum atomic E-state index is -0.119. The van der Waals surface area contributed by atoms with Gasteiger partial charge in [0.25, 0.3) is 0 Å². The molecule has 178 valence electrons. The van der Waals surface area contributed by atoms with Crippen LogP contribution in [0.15, 0.2) is 60.9 Å². The van der Waals surface area contributed by atoms with Crippen LogP contribution in [0.4, 0.5) is 5.69 Å². The fraction of sp³-hybridized carbons (Fsp3) is 0.346. The molecule has 0 saturated carbocycles. The Morgan fingerprint density at radius 3 is 2.79 bits per heavy atom. The number of thiocarbonyl (C=S) groups is 1. The number of carbonyl (C=O) groups excluding carboxylic acids is 1. The first-order valence-electron chi connectivity index (χ1n) is 11.5. The Hall–Kier alpha value is -3.23. The summed E-state index contributed by atoms with van der Waals surface area (Å²) in [5.41, 5.74) is 5.03. The van der Waals surface area contributed by atoms with E-state index < -0.39 is 0 Å². The fourth-order valence-corrected chi connectivity index (χ4v) is 4.69. The van der Waals surface area contributed by atoms with Crippen LogP contribution in [0.5, 0.6) is 0 Å². The van der Waals surface area contributed by atoms with Gasteiger partial charge >= 0.3 is 0 Å². The molecule has 1 aliphatic rings. The summed E-state index contributed by atoms with van der Waals surface area (Å²) in [5, 5.41) is 7.13. The van der Waals surface area contributed by atoms with Crippen LogP contribution in [0.1, 0.15) is 41.0 Å². The van der Waals surface area contributed by atoms with Gasteiger partial charge in [0.15, 0.2) is 5.11 Å². The maximum atomic E-state index is 12.9. The molecule has 1 fully saturated rings. The van der Waals surface area contributed by atoms with Crippen molar-refractivity contribution in [3.63, 3.8) is 0 Å². The van der Waals surface area contributed by atoms with Crippen LogP contribution in [0.3, 0.4) is 0 Å². The molecule has 4 rings (SSSR count). The lowest BCUT2D eigenvalue weighted by molar-refractivity contribution is -0.116. The predicted octanol–water partition coefficient (Wildman–Crippen LogP) is 4.15. The number of ether oxygens (including phenoxy) is 1. The number of carbonyl (C=O) groups is 1. The number of rotatable bonds is 9. The molecule has 1 aliphatic heterocycles. The number of anilines is 1. The van der Waals surface area contributed by atoms with E-state index >= 15 is 0 Å². The molecular formula is C26H31N5O2S. The third-order valence-corrected chi connectivity index (χ3v) is 6.50. The number of benzene rings is 1. The lowest BCUT2D eigenvalue weighted by Gasteiger charge is -2.28. The number of nitrogens with one attached hydrogen (secondary N) is 2. The summed E-state index contributed by atoms with van der Waals surface area (Å²) in [4.78, 5) is 19.6.